The van der Waals surface area contributed by atoms with E-state index in [0.717, 1.165) is 6.42 Å². The van der Waals surface area contributed by atoms with Crippen LogP contribution in [0.1, 0.15) is 6.42 Å². The monoisotopic (exact) mass is 187 g/mol. The molecule has 5 heteroatoms. The number of nitrogens with one attached hydrogen (secondary N) is 1. The fraction of sp³-hybridized carbons (Fsp3) is 0.875. The lowest BCUT2D eigenvalue weighted by atomic mass is 10.0. The molecule has 2 fully saturated rings. The van der Waals surface area contributed by atoms with E-state index in [4.69, 9.17) is 14.6 Å². The summed E-state index contributed by atoms with van der Waals surface area (Å²) in [4.78, 5) is 10.6. The van der Waals surface area contributed by atoms with Crippen molar-refractivity contribution in [3.63, 3.8) is 0 Å². The van der Waals surface area contributed by atoms with E-state index in [1.807, 2.05) is 0 Å². The SMILES string of the molecule is O=C(O)C1COC2CCOCC2N1. The van der Waals surface area contributed by atoms with Crippen LogP contribution in [0, 0.1) is 0 Å². The van der Waals surface area contributed by atoms with Crippen molar-refractivity contribution in [1.82, 2.24) is 5.32 Å². The molecule has 2 aliphatic heterocycles. The Kier molecular flexibility index (Phi) is 2.48. The van der Waals surface area contributed by atoms with Crippen molar-refractivity contribution in [2.24, 2.45) is 0 Å². The predicted octanol–water partition coefficient (Wildman–Crippen LogP) is -0.783. The molecule has 2 N–H and O–H groups in total. The maximum absolute atomic E-state index is 10.6. The van der Waals surface area contributed by atoms with Gasteiger partial charge < -0.3 is 14.6 Å². The van der Waals surface area contributed by atoms with Gasteiger partial charge in [0.2, 0.25) is 0 Å². The number of carboxylic acids is 1. The average Bonchev–Trinajstić information content (AvgIpc) is 2.17. The molecule has 0 aromatic heterocycles. The summed E-state index contributed by atoms with van der Waals surface area (Å²) in [6.07, 6.45) is 0.980. The van der Waals surface area contributed by atoms with Gasteiger partial charge in [0.25, 0.3) is 0 Å². The lowest BCUT2D eigenvalue weighted by Gasteiger charge is -2.38. The van der Waals surface area contributed by atoms with Crippen molar-refractivity contribution in [3.8, 4) is 0 Å². The zero-order valence-electron chi connectivity index (χ0n) is 7.23. The molecule has 0 amide bonds. The number of fused-ring (bicyclic) bond motifs is 1. The van der Waals surface area contributed by atoms with Crippen molar-refractivity contribution >= 4 is 5.97 Å². The largest absolute Gasteiger partial charge is 0.480 e. The standard InChI is InChI=1S/C8H13NO4/c10-8(11)6-4-13-7-1-2-12-3-5(7)9-6/h5-7,9H,1-4H2,(H,10,11). The molecule has 0 aromatic carbocycles. The second-order valence-corrected chi connectivity index (χ2v) is 3.40. The minimum Gasteiger partial charge on any atom is -0.480 e. The number of carboxylic acid groups (broad SMARTS) is 1. The summed E-state index contributed by atoms with van der Waals surface area (Å²) in [7, 11) is 0. The number of aliphatic carboxylic acids is 1. The highest BCUT2D eigenvalue weighted by Gasteiger charge is 2.35. The third-order valence-electron chi connectivity index (χ3n) is 2.48. The molecule has 0 aromatic rings. The molecule has 13 heavy (non-hydrogen) atoms. The molecule has 5 nitrogen and oxygen atoms in total. The van der Waals surface area contributed by atoms with Crippen LogP contribution in [0.15, 0.2) is 0 Å². The molecular weight excluding hydrogens is 174 g/mol. The van der Waals surface area contributed by atoms with Gasteiger partial charge in [-0.25, -0.2) is 0 Å². The van der Waals surface area contributed by atoms with Crippen LogP contribution in [-0.4, -0.2) is 49.1 Å². The normalized spacial score (nSPS) is 39.5. The van der Waals surface area contributed by atoms with Crippen LogP contribution >= 0.6 is 0 Å². The fourth-order valence-corrected chi connectivity index (χ4v) is 1.74. The minimum atomic E-state index is -0.857. The van der Waals surface area contributed by atoms with Gasteiger partial charge in [-0.3, -0.25) is 10.1 Å². The summed E-state index contributed by atoms with van der Waals surface area (Å²) in [5, 5.41) is 11.8. The van der Waals surface area contributed by atoms with Gasteiger partial charge in [-0.05, 0) is 6.42 Å². The molecule has 0 bridgehead atoms. The summed E-state index contributed by atoms with van der Waals surface area (Å²) in [6.45, 7) is 1.52. The number of morpholine rings is 1. The fourth-order valence-electron chi connectivity index (χ4n) is 1.74. The lowest BCUT2D eigenvalue weighted by Crippen LogP contribution is -2.60. The highest BCUT2D eigenvalue weighted by atomic mass is 16.5. The van der Waals surface area contributed by atoms with Crippen LogP contribution in [-0.2, 0) is 14.3 Å². The third kappa shape index (κ3) is 1.82. The van der Waals surface area contributed by atoms with E-state index < -0.39 is 12.0 Å². The van der Waals surface area contributed by atoms with E-state index in [9.17, 15) is 4.79 Å². The van der Waals surface area contributed by atoms with Crippen LogP contribution in [0.5, 0.6) is 0 Å². The van der Waals surface area contributed by atoms with Crippen molar-refractivity contribution in [2.45, 2.75) is 24.6 Å². The molecule has 0 saturated carbocycles. The highest BCUT2D eigenvalue weighted by Crippen LogP contribution is 2.16. The smallest absolute Gasteiger partial charge is 0.323 e. The van der Waals surface area contributed by atoms with Gasteiger partial charge in [-0.2, -0.15) is 0 Å². The maximum atomic E-state index is 10.6. The number of hydrogen-bond donors (Lipinski definition) is 2. The van der Waals surface area contributed by atoms with Crippen molar-refractivity contribution in [1.29, 1.82) is 0 Å². The Morgan fingerprint density at radius 3 is 3.08 bits per heavy atom. The van der Waals surface area contributed by atoms with Gasteiger partial charge in [0, 0.05) is 6.61 Å². The lowest BCUT2D eigenvalue weighted by molar-refractivity contribution is -0.150. The average molecular weight is 187 g/mol. The molecule has 3 atom stereocenters. The highest BCUT2D eigenvalue weighted by molar-refractivity contribution is 5.73. The second kappa shape index (κ2) is 3.61. The Morgan fingerprint density at radius 1 is 1.46 bits per heavy atom. The summed E-state index contributed by atoms with van der Waals surface area (Å²) in [6, 6.07) is -0.536. The zero-order valence-corrected chi connectivity index (χ0v) is 7.23. The van der Waals surface area contributed by atoms with Crippen molar-refractivity contribution in [2.75, 3.05) is 19.8 Å². The minimum absolute atomic E-state index is 0.0450. The Balaban J connectivity index is 1.95. The van der Waals surface area contributed by atoms with E-state index in [2.05, 4.69) is 5.32 Å². The van der Waals surface area contributed by atoms with Crippen molar-refractivity contribution < 1.29 is 19.4 Å². The van der Waals surface area contributed by atoms with E-state index >= 15 is 0 Å². The summed E-state index contributed by atoms with van der Waals surface area (Å²) < 4.78 is 10.7. The first-order valence-corrected chi connectivity index (χ1v) is 4.45. The summed E-state index contributed by atoms with van der Waals surface area (Å²) in [5.41, 5.74) is 0. The number of carbonyl (C=O) groups is 1. The molecule has 0 radical (unpaired) electrons. The van der Waals surface area contributed by atoms with Crippen LogP contribution in [0.3, 0.4) is 0 Å². The van der Waals surface area contributed by atoms with E-state index in [-0.39, 0.29) is 18.8 Å². The zero-order chi connectivity index (χ0) is 9.26. The Labute approximate surface area is 76.0 Å². The second-order valence-electron chi connectivity index (χ2n) is 3.40. The van der Waals surface area contributed by atoms with Gasteiger partial charge in [0.05, 0.1) is 25.4 Å². The Morgan fingerprint density at radius 2 is 2.31 bits per heavy atom. The van der Waals surface area contributed by atoms with Crippen LogP contribution in [0.4, 0.5) is 0 Å². The molecule has 0 aliphatic carbocycles. The Hall–Kier alpha value is -0.650. The van der Waals surface area contributed by atoms with Crippen LogP contribution in [0.25, 0.3) is 0 Å². The molecule has 2 aliphatic rings. The summed E-state index contributed by atoms with van der Waals surface area (Å²) >= 11 is 0. The van der Waals surface area contributed by atoms with E-state index in [0.29, 0.717) is 13.2 Å². The summed E-state index contributed by atoms with van der Waals surface area (Å²) in [5.74, 6) is -0.857. The maximum Gasteiger partial charge on any atom is 0.323 e. The third-order valence-corrected chi connectivity index (χ3v) is 2.48. The molecule has 74 valence electrons. The first-order valence-electron chi connectivity index (χ1n) is 4.45. The molecule has 3 unspecified atom stereocenters. The van der Waals surface area contributed by atoms with Crippen LogP contribution in [0.2, 0.25) is 0 Å². The van der Waals surface area contributed by atoms with Gasteiger partial charge in [-0.15, -0.1) is 0 Å². The predicted molar refractivity (Wildman–Crippen MR) is 43.5 cm³/mol. The topological polar surface area (TPSA) is 67.8 Å². The van der Waals surface area contributed by atoms with Gasteiger partial charge in [0.15, 0.2) is 0 Å². The molecule has 2 rings (SSSR count). The van der Waals surface area contributed by atoms with E-state index in [1.165, 1.54) is 0 Å². The first kappa shape index (κ1) is 8.93. The number of ether oxygens (including phenoxy) is 2. The number of rotatable bonds is 1. The van der Waals surface area contributed by atoms with Crippen LogP contribution < -0.4 is 5.32 Å². The van der Waals surface area contributed by atoms with Gasteiger partial charge in [0.1, 0.15) is 6.04 Å². The Bertz CT molecular complexity index is 208. The van der Waals surface area contributed by atoms with E-state index in [1.54, 1.807) is 0 Å². The molecule has 0 spiro atoms. The molecular formula is C8H13NO4. The van der Waals surface area contributed by atoms with Gasteiger partial charge in [-0.1, -0.05) is 0 Å². The van der Waals surface area contributed by atoms with Gasteiger partial charge >= 0.3 is 5.97 Å². The molecule has 2 heterocycles. The molecule has 2 saturated heterocycles. The van der Waals surface area contributed by atoms with Crippen molar-refractivity contribution in [3.05, 3.63) is 0 Å². The first-order chi connectivity index (χ1) is 6.27. The number of hydrogen-bond acceptors (Lipinski definition) is 4. The quantitative estimate of drug-likeness (QED) is 0.563.